The number of carboxylic acids is 1. The molecular formula is C36H36F7NO5. The van der Waals surface area contributed by atoms with E-state index < -0.39 is 59.1 Å². The highest BCUT2D eigenvalue weighted by Crippen LogP contribution is 2.44. The van der Waals surface area contributed by atoms with Crippen LogP contribution in [-0.2, 0) is 21.8 Å². The number of rotatable bonds is 9. The van der Waals surface area contributed by atoms with E-state index in [1.807, 2.05) is 20.8 Å². The van der Waals surface area contributed by atoms with Gasteiger partial charge in [0.1, 0.15) is 17.7 Å². The van der Waals surface area contributed by atoms with Crippen LogP contribution in [0.2, 0.25) is 0 Å². The topological polar surface area (TPSA) is 76.1 Å². The highest BCUT2D eigenvalue weighted by molar-refractivity contribution is 5.88. The van der Waals surface area contributed by atoms with E-state index in [0.29, 0.717) is 30.7 Å². The molecule has 0 radical (unpaired) electrons. The van der Waals surface area contributed by atoms with Gasteiger partial charge in [-0.05, 0) is 109 Å². The second kappa shape index (κ2) is 13.8. The van der Waals surface area contributed by atoms with Crippen LogP contribution < -0.4 is 0 Å². The number of hydrogen-bond donors (Lipinski definition) is 1. The fraction of sp³-hybridized carbons (Fsp3) is 0.389. The number of carboxylic acid groups (broad SMARTS) is 1. The van der Waals surface area contributed by atoms with Gasteiger partial charge in [0.2, 0.25) is 0 Å². The Morgan fingerprint density at radius 1 is 1.08 bits per heavy atom. The second-order valence-corrected chi connectivity index (χ2v) is 13.0. The van der Waals surface area contributed by atoms with Crippen LogP contribution in [0.1, 0.15) is 85.7 Å². The maximum Gasteiger partial charge on any atom is 0.416 e. The van der Waals surface area contributed by atoms with Crippen LogP contribution in [0.4, 0.5) is 35.5 Å². The van der Waals surface area contributed by atoms with Crippen LogP contribution in [0.5, 0.6) is 0 Å². The van der Waals surface area contributed by atoms with Crippen LogP contribution >= 0.6 is 0 Å². The SMILES string of the molecule is C=C(/C=C(\C=C(/C)C1=C(CN2C(=O)O[C@H](c3cc(C(F)(F)F)cc(C(F)(F)F)c3)[C@@H]2C)CC(C)(C)CC1)OC)c1ccc(C(=O)O)cc1F. The molecule has 2 aliphatic rings. The summed E-state index contributed by atoms with van der Waals surface area (Å²) in [4.78, 5) is 25.6. The van der Waals surface area contributed by atoms with Gasteiger partial charge in [-0.15, -0.1) is 0 Å². The molecule has 1 N–H and O–H groups in total. The Morgan fingerprint density at radius 2 is 1.69 bits per heavy atom. The van der Waals surface area contributed by atoms with Crippen LogP contribution in [0, 0.1) is 11.2 Å². The van der Waals surface area contributed by atoms with E-state index in [0.717, 1.165) is 29.2 Å². The zero-order valence-corrected chi connectivity index (χ0v) is 27.5. The third kappa shape index (κ3) is 8.55. The molecule has 1 saturated heterocycles. The molecule has 1 heterocycles. The van der Waals surface area contributed by atoms with Crippen LogP contribution in [-0.4, -0.2) is 41.8 Å². The standard InChI is InChI=1S/C36H36F7NO5/c1-19(11-27(48-6)12-20(2)29-8-7-22(32(45)46)15-30(29)37)28-9-10-34(4,5)17-24(28)18-44-21(3)31(49-33(44)47)23-13-25(35(38,39)40)16-26(14-23)36(41,42)43/h7-8,11-16,21,31H,2,9-10,17-18H2,1,3-6H3,(H,45,46)/b19-11+,27-12+/t21-,31-/m0/s1. The Bertz CT molecular complexity index is 1720. The summed E-state index contributed by atoms with van der Waals surface area (Å²) in [5.74, 6) is -1.75. The summed E-state index contributed by atoms with van der Waals surface area (Å²) in [5, 5.41) is 9.12. The average Bonchev–Trinajstić information content (AvgIpc) is 3.27. The molecule has 0 unspecified atom stereocenters. The molecule has 2 aromatic rings. The number of halogens is 7. The van der Waals surface area contributed by atoms with Crippen molar-refractivity contribution in [3.8, 4) is 0 Å². The molecule has 0 saturated carbocycles. The number of alkyl halides is 6. The summed E-state index contributed by atoms with van der Waals surface area (Å²) < 4.78 is 107. The van der Waals surface area contributed by atoms with E-state index in [1.54, 1.807) is 6.08 Å². The van der Waals surface area contributed by atoms with Gasteiger partial charge in [-0.25, -0.2) is 14.0 Å². The van der Waals surface area contributed by atoms with Gasteiger partial charge in [0.25, 0.3) is 0 Å². The number of hydrogen-bond acceptors (Lipinski definition) is 4. The molecule has 49 heavy (non-hydrogen) atoms. The highest BCUT2D eigenvalue weighted by Gasteiger charge is 2.44. The van der Waals surface area contributed by atoms with Crippen molar-refractivity contribution >= 4 is 17.6 Å². The summed E-state index contributed by atoms with van der Waals surface area (Å²) in [5.41, 5.74) is -1.05. The lowest BCUT2D eigenvalue weighted by atomic mass is 9.72. The minimum absolute atomic E-state index is 0.0193. The third-order valence-corrected chi connectivity index (χ3v) is 8.81. The van der Waals surface area contributed by atoms with Crippen LogP contribution in [0.15, 0.2) is 77.6 Å². The molecule has 264 valence electrons. The first-order chi connectivity index (χ1) is 22.6. The van der Waals surface area contributed by atoms with Crippen molar-refractivity contribution in [1.29, 1.82) is 0 Å². The van der Waals surface area contributed by atoms with Crippen LogP contribution in [0.25, 0.3) is 5.57 Å². The third-order valence-electron chi connectivity index (χ3n) is 8.81. The number of ether oxygens (including phenoxy) is 2. The van der Waals surface area contributed by atoms with E-state index in [4.69, 9.17) is 14.6 Å². The summed E-state index contributed by atoms with van der Waals surface area (Å²) in [7, 11) is 1.41. The van der Waals surface area contributed by atoms with Crippen molar-refractivity contribution in [2.75, 3.05) is 13.7 Å². The number of nitrogens with zero attached hydrogens (tertiary/aromatic N) is 1. The maximum absolute atomic E-state index is 14.7. The minimum atomic E-state index is -5.06. The number of amides is 1. The van der Waals surface area contributed by atoms with Gasteiger partial charge in [-0.2, -0.15) is 26.3 Å². The molecule has 2 aromatic carbocycles. The monoisotopic (exact) mass is 695 g/mol. The van der Waals surface area contributed by atoms with E-state index in [9.17, 15) is 40.3 Å². The number of carbonyl (C=O) groups excluding carboxylic acids is 1. The van der Waals surface area contributed by atoms with Crippen molar-refractivity contribution in [2.24, 2.45) is 5.41 Å². The lowest BCUT2D eigenvalue weighted by Crippen LogP contribution is -2.36. The van der Waals surface area contributed by atoms with Gasteiger partial charge in [0.15, 0.2) is 0 Å². The maximum atomic E-state index is 14.7. The predicted octanol–water partition coefficient (Wildman–Crippen LogP) is 10.1. The van der Waals surface area contributed by atoms with Gasteiger partial charge in [0.05, 0.1) is 29.8 Å². The fourth-order valence-corrected chi connectivity index (χ4v) is 6.17. The first-order valence-electron chi connectivity index (χ1n) is 15.3. The molecule has 0 aromatic heterocycles. The molecule has 1 fully saturated rings. The van der Waals surface area contributed by atoms with Crippen LogP contribution in [0.3, 0.4) is 0 Å². The zero-order valence-electron chi connectivity index (χ0n) is 27.5. The number of allylic oxidation sites excluding steroid dienone is 5. The summed E-state index contributed by atoms with van der Waals surface area (Å²) in [6.45, 7) is 11.3. The van der Waals surface area contributed by atoms with Gasteiger partial charge in [-0.3, -0.25) is 4.90 Å². The first-order valence-corrected chi connectivity index (χ1v) is 15.3. The number of methoxy groups -OCH3 is 1. The Morgan fingerprint density at radius 3 is 2.22 bits per heavy atom. The van der Waals surface area contributed by atoms with Crippen molar-refractivity contribution in [2.45, 2.75) is 71.5 Å². The largest absolute Gasteiger partial charge is 0.497 e. The van der Waals surface area contributed by atoms with Crippen molar-refractivity contribution in [1.82, 2.24) is 4.90 Å². The van der Waals surface area contributed by atoms with Gasteiger partial charge < -0.3 is 14.6 Å². The Balaban J connectivity index is 1.67. The Labute approximate surface area is 279 Å². The molecule has 0 spiro atoms. The second-order valence-electron chi connectivity index (χ2n) is 13.0. The highest BCUT2D eigenvalue weighted by atomic mass is 19.4. The lowest BCUT2D eigenvalue weighted by molar-refractivity contribution is -0.143. The quantitative estimate of drug-likeness (QED) is 0.161. The fourth-order valence-electron chi connectivity index (χ4n) is 6.17. The normalized spacial score (nSPS) is 20.4. The summed E-state index contributed by atoms with van der Waals surface area (Å²) >= 11 is 0. The Hall–Kier alpha value is -4.55. The Kier molecular flexibility index (Phi) is 10.5. The predicted molar refractivity (Wildman–Crippen MR) is 168 cm³/mol. The number of carbonyl (C=O) groups is 2. The molecule has 4 rings (SSSR count). The zero-order chi connectivity index (χ0) is 36.6. The minimum Gasteiger partial charge on any atom is -0.497 e. The molecule has 2 atom stereocenters. The summed E-state index contributed by atoms with van der Waals surface area (Å²) in [6, 6.07) is 3.73. The number of benzene rings is 2. The van der Waals surface area contributed by atoms with Crippen molar-refractivity contribution in [3.05, 3.63) is 111 Å². The molecule has 13 heteroatoms. The van der Waals surface area contributed by atoms with Gasteiger partial charge in [-0.1, -0.05) is 26.5 Å². The molecule has 6 nitrogen and oxygen atoms in total. The smallest absolute Gasteiger partial charge is 0.416 e. The van der Waals surface area contributed by atoms with Crippen molar-refractivity contribution in [3.63, 3.8) is 0 Å². The first kappa shape index (κ1) is 37.3. The molecule has 0 bridgehead atoms. The molecular weight excluding hydrogens is 659 g/mol. The number of cyclic esters (lactones) is 1. The summed E-state index contributed by atoms with van der Waals surface area (Å²) in [6.07, 6.45) is -7.25. The number of aromatic carboxylic acids is 1. The lowest BCUT2D eigenvalue weighted by Gasteiger charge is -2.35. The van der Waals surface area contributed by atoms with E-state index in [2.05, 4.69) is 6.58 Å². The molecule has 1 aliphatic heterocycles. The average molecular weight is 696 g/mol. The van der Waals surface area contributed by atoms with Gasteiger partial charge >= 0.3 is 24.4 Å². The van der Waals surface area contributed by atoms with E-state index in [1.165, 1.54) is 37.1 Å². The van der Waals surface area contributed by atoms with Crippen molar-refractivity contribution < 1.29 is 54.9 Å². The van der Waals surface area contributed by atoms with Gasteiger partial charge in [0, 0.05) is 12.1 Å². The molecule has 1 amide bonds. The van der Waals surface area contributed by atoms with E-state index >= 15 is 0 Å². The molecule has 1 aliphatic carbocycles. The van der Waals surface area contributed by atoms with E-state index in [-0.39, 0.29) is 34.7 Å².